The van der Waals surface area contributed by atoms with Gasteiger partial charge in [-0.15, -0.1) is 0 Å². The minimum absolute atomic E-state index is 0.408. The maximum absolute atomic E-state index is 4.25. The average molecular weight is 230 g/mol. The first-order valence-corrected chi connectivity index (χ1v) is 5.82. The van der Waals surface area contributed by atoms with E-state index in [2.05, 4.69) is 55.2 Å². The molecule has 0 unspecified atom stereocenters. The normalized spacial score (nSPS) is 10.9. The fraction of sp³-hybridized carbons (Fsp3) is 0.385. The highest BCUT2D eigenvalue weighted by molar-refractivity contribution is 5.37. The van der Waals surface area contributed by atoms with Crippen molar-refractivity contribution in [3.05, 3.63) is 41.6 Å². The number of aryl methyl sites for hydroxylation is 2. The quantitative estimate of drug-likeness (QED) is 0.881. The van der Waals surface area contributed by atoms with E-state index in [1.165, 1.54) is 0 Å². The van der Waals surface area contributed by atoms with Gasteiger partial charge in [-0.25, -0.2) is 9.97 Å². The highest BCUT2D eigenvalue weighted by Crippen LogP contribution is 2.15. The van der Waals surface area contributed by atoms with Crippen LogP contribution in [0.3, 0.4) is 0 Å². The monoisotopic (exact) mass is 230 g/mol. The summed E-state index contributed by atoms with van der Waals surface area (Å²) in [6, 6.07) is 6.14. The molecule has 0 bridgehead atoms. The van der Waals surface area contributed by atoms with Gasteiger partial charge in [-0.3, -0.25) is 10.1 Å². The van der Waals surface area contributed by atoms with Crippen LogP contribution in [0.2, 0.25) is 0 Å². The van der Waals surface area contributed by atoms with Crippen molar-refractivity contribution < 1.29 is 0 Å². The summed E-state index contributed by atoms with van der Waals surface area (Å²) < 4.78 is 2.02. The molecule has 0 saturated carbocycles. The summed E-state index contributed by atoms with van der Waals surface area (Å²) in [4.78, 5) is 8.49. The molecule has 0 aliphatic heterocycles. The molecule has 2 aromatic heterocycles. The molecule has 2 rings (SSSR count). The predicted octanol–water partition coefficient (Wildman–Crippen LogP) is 2.89. The topological polar surface area (TPSA) is 42.7 Å². The molecule has 0 spiro atoms. The SMILES string of the molecule is Cc1ccc(C)n1Nc1cc(C(C)C)ncn1. The second-order valence-electron chi connectivity index (χ2n) is 4.55. The highest BCUT2D eigenvalue weighted by atomic mass is 15.4. The first-order valence-electron chi connectivity index (χ1n) is 5.82. The standard InChI is InChI=1S/C13H18N4/c1-9(2)12-7-13(15-8-14-12)16-17-10(3)5-6-11(17)4/h5-9H,1-4H3,(H,14,15,16). The van der Waals surface area contributed by atoms with E-state index in [9.17, 15) is 0 Å². The Bertz CT molecular complexity index is 494. The van der Waals surface area contributed by atoms with E-state index in [4.69, 9.17) is 0 Å². The van der Waals surface area contributed by atoms with Crippen LogP contribution >= 0.6 is 0 Å². The molecule has 2 heterocycles. The van der Waals surface area contributed by atoms with Crippen molar-refractivity contribution in [1.29, 1.82) is 0 Å². The fourth-order valence-corrected chi connectivity index (χ4v) is 1.71. The summed E-state index contributed by atoms with van der Waals surface area (Å²) in [5.41, 5.74) is 6.65. The lowest BCUT2D eigenvalue weighted by molar-refractivity contribution is 0.806. The lowest BCUT2D eigenvalue weighted by atomic mass is 10.1. The maximum Gasteiger partial charge on any atom is 0.148 e. The van der Waals surface area contributed by atoms with Crippen LogP contribution in [-0.4, -0.2) is 14.6 Å². The number of nitrogens with one attached hydrogen (secondary N) is 1. The molecular formula is C13H18N4. The molecule has 17 heavy (non-hydrogen) atoms. The van der Waals surface area contributed by atoms with Crippen molar-refractivity contribution in [2.45, 2.75) is 33.6 Å². The van der Waals surface area contributed by atoms with E-state index in [-0.39, 0.29) is 0 Å². The summed E-state index contributed by atoms with van der Waals surface area (Å²) >= 11 is 0. The molecule has 0 atom stereocenters. The zero-order chi connectivity index (χ0) is 12.4. The van der Waals surface area contributed by atoms with E-state index in [0.29, 0.717) is 5.92 Å². The third-order valence-corrected chi connectivity index (χ3v) is 2.78. The van der Waals surface area contributed by atoms with Crippen molar-refractivity contribution in [1.82, 2.24) is 14.6 Å². The molecule has 0 saturated heterocycles. The predicted molar refractivity (Wildman–Crippen MR) is 69.0 cm³/mol. The van der Waals surface area contributed by atoms with Crippen LogP contribution in [0.15, 0.2) is 24.5 Å². The summed E-state index contributed by atoms with van der Waals surface area (Å²) in [5.74, 6) is 1.23. The van der Waals surface area contributed by atoms with Gasteiger partial charge in [0.15, 0.2) is 0 Å². The Labute approximate surface area is 102 Å². The van der Waals surface area contributed by atoms with Gasteiger partial charge >= 0.3 is 0 Å². The van der Waals surface area contributed by atoms with Crippen molar-refractivity contribution in [2.75, 3.05) is 5.43 Å². The van der Waals surface area contributed by atoms with E-state index >= 15 is 0 Å². The molecule has 0 aliphatic carbocycles. The van der Waals surface area contributed by atoms with Crippen LogP contribution in [0, 0.1) is 13.8 Å². The lowest BCUT2D eigenvalue weighted by Gasteiger charge is -2.13. The summed E-state index contributed by atoms with van der Waals surface area (Å²) in [6.45, 7) is 8.37. The number of aromatic nitrogens is 3. The number of rotatable bonds is 3. The minimum Gasteiger partial charge on any atom is -0.278 e. The summed E-state index contributed by atoms with van der Waals surface area (Å²) in [6.07, 6.45) is 1.60. The molecule has 0 amide bonds. The number of hydrogen-bond donors (Lipinski definition) is 1. The van der Waals surface area contributed by atoms with E-state index in [1.807, 2.05) is 10.7 Å². The lowest BCUT2D eigenvalue weighted by Crippen LogP contribution is -2.13. The molecule has 90 valence electrons. The second-order valence-corrected chi connectivity index (χ2v) is 4.55. The van der Waals surface area contributed by atoms with Crippen molar-refractivity contribution in [2.24, 2.45) is 0 Å². The van der Waals surface area contributed by atoms with Crippen LogP contribution in [0.5, 0.6) is 0 Å². The van der Waals surface area contributed by atoms with Crippen LogP contribution in [0.25, 0.3) is 0 Å². The first kappa shape index (κ1) is 11.6. The minimum atomic E-state index is 0.408. The molecule has 4 nitrogen and oxygen atoms in total. The van der Waals surface area contributed by atoms with Gasteiger partial charge < -0.3 is 0 Å². The van der Waals surface area contributed by atoms with E-state index < -0.39 is 0 Å². The molecule has 0 aliphatic rings. The molecule has 0 fully saturated rings. The molecular weight excluding hydrogens is 212 g/mol. The third-order valence-electron chi connectivity index (χ3n) is 2.78. The highest BCUT2D eigenvalue weighted by Gasteiger charge is 2.05. The van der Waals surface area contributed by atoms with Gasteiger partial charge in [-0.1, -0.05) is 13.8 Å². The molecule has 0 aromatic carbocycles. The summed E-state index contributed by atoms with van der Waals surface area (Å²) in [5, 5.41) is 0. The fourth-order valence-electron chi connectivity index (χ4n) is 1.71. The van der Waals surface area contributed by atoms with Gasteiger partial charge in [0.25, 0.3) is 0 Å². The molecule has 0 radical (unpaired) electrons. The largest absolute Gasteiger partial charge is 0.278 e. The molecule has 1 N–H and O–H groups in total. The van der Waals surface area contributed by atoms with Gasteiger partial charge in [0.1, 0.15) is 12.1 Å². The van der Waals surface area contributed by atoms with Crippen LogP contribution in [0.1, 0.15) is 36.8 Å². The Morgan fingerprint density at radius 1 is 1.12 bits per heavy atom. The van der Waals surface area contributed by atoms with Gasteiger partial charge in [0, 0.05) is 23.1 Å². The Morgan fingerprint density at radius 3 is 2.35 bits per heavy atom. The van der Waals surface area contributed by atoms with Crippen LogP contribution < -0.4 is 5.43 Å². The molecule has 4 heteroatoms. The van der Waals surface area contributed by atoms with Gasteiger partial charge in [0.05, 0.1) is 0 Å². The van der Waals surface area contributed by atoms with E-state index in [1.54, 1.807) is 6.33 Å². The summed E-state index contributed by atoms with van der Waals surface area (Å²) in [7, 11) is 0. The number of anilines is 1. The van der Waals surface area contributed by atoms with Crippen LogP contribution in [-0.2, 0) is 0 Å². The number of nitrogens with zero attached hydrogens (tertiary/aromatic N) is 3. The zero-order valence-electron chi connectivity index (χ0n) is 10.7. The molecule has 2 aromatic rings. The van der Waals surface area contributed by atoms with Gasteiger partial charge in [0.2, 0.25) is 0 Å². The van der Waals surface area contributed by atoms with Crippen molar-refractivity contribution in [3.8, 4) is 0 Å². The van der Waals surface area contributed by atoms with Crippen molar-refractivity contribution >= 4 is 5.82 Å². The third kappa shape index (κ3) is 2.46. The van der Waals surface area contributed by atoms with Gasteiger partial charge in [-0.2, -0.15) is 0 Å². The second kappa shape index (κ2) is 4.57. The van der Waals surface area contributed by atoms with E-state index in [0.717, 1.165) is 22.9 Å². The Hall–Kier alpha value is -1.84. The Kier molecular flexibility index (Phi) is 3.13. The maximum atomic E-state index is 4.25. The van der Waals surface area contributed by atoms with Crippen LogP contribution in [0.4, 0.5) is 5.82 Å². The first-order chi connectivity index (χ1) is 8.08. The van der Waals surface area contributed by atoms with Gasteiger partial charge in [-0.05, 0) is 31.9 Å². The average Bonchev–Trinajstić information content (AvgIpc) is 2.61. The number of hydrogen-bond acceptors (Lipinski definition) is 3. The van der Waals surface area contributed by atoms with Crippen molar-refractivity contribution in [3.63, 3.8) is 0 Å². The smallest absolute Gasteiger partial charge is 0.148 e. The zero-order valence-corrected chi connectivity index (χ0v) is 10.7. The Balaban J connectivity index is 2.27. The Morgan fingerprint density at radius 2 is 1.76 bits per heavy atom.